The molecule has 0 saturated carbocycles. The number of fused-ring (bicyclic) bond motifs is 2. The van der Waals surface area contributed by atoms with E-state index in [1.54, 1.807) is 6.07 Å². The maximum absolute atomic E-state index is 13.2. The summed E-state index contributed by atoms with van der Waals surface area (Å²) in [6, 6.07) is 16.4. The normalized spacial score (nSPS) is 14.0. The largest absolute Gasteiger partial charge is 0.347 e. The Bertz CT molecular complexity index is 1450. The second kappa shape index (κ2) is 9.13. The highest BCUT2D eigenvalue weighted by Crippen LogP contribution is 2.21. The van der Waals surface area contributed by atoms with E-state index in [1.165, 1.54) is 10.6 Å². The molecule has 174 valence electrons. The highest BCUT2D eigenvalue weighted by molar-refractivity contribution is 6.06. The average Bonchev–Trinajstić information content (AvgIpc) is 3.20. The average molecular weight is 458 g/mol. The molecule has 1 saturated heterocycles. The molecular formula is C26H27N5O3. The molecule has 0 atom stereocenters. The molecule has 1 aliphatic rings. The van der Waals surface area contributed by atoms with Gasteiger partial charge in [-0.3, -0.25) is 19.0 Å². The van der Waals surface area contributed by atoms with Gasteiger partial charge in [-0.1, -0.05) is 30.3 Å². The number of amides is 2. The number of imidazole rings is 1. The molecule has 0 unspecified atom stereocenters. The number of pyridine rings is 1. The van der Waals surface area contributed by atoms with Crippen molar-refractivity contribution in [3.8, 4) is 0 Å². The van der Waals surface area contributed by atoms with E-state index in [0.717, 1.165) is 36.1 Å². The smallest absolute Gasteiger partial charge is 0.254 e. The van der Waals surface area contributed by atoms with Crippen molar-refractivity contribution >= 4 is 33.8 Å². The summed E-state index contributed by atoms with van der Waals surface area (Å²) in [5, 5.41) is 3.55. The highest BCUT2D eigenvalue weighted by Gasteiger charge is 2.22. The lowest BCUT2D eigenvalue weighted by Crippen LogP contribution is -2.37. The molecule has 8 heteroatoms. The van der Waals surface area contributed by atoms with Crippen LogP contribution in [0.2, 0.25) is 0 Å². The Labute approximate surface area is 196 Å². The Morgan fingerprint density at radius 1 is 0.971 bits per heavy atom. The van der Waals surface area contributed by atoms with Crippen molar-refractivity contribution in [1.29, 1.82) is 0 Å². The quantitative estimate of drug-likeness (QED) is 0.499. The summed E-state index contributed by atoms with van der Waals surface area (Å²) < 4.78 is 3.37. The van der Waals surface area contributed by atoms with Crippen LogP contribution in [-0.4, -0.2) is 43.9 Å². The molecule has 1 aliphatic heterocycles. The minimum absolute atomic E-state index is 0.119. The van der Waals surface area contributed by atoms with Crippen molar-refractivity contribution in [2.75, 3.05) is 13.1 Å². The summed E-state index contributed by atoms with van der Waals surface area (Å²) in [6.45, 7) is 1.53. The zero-order valence-electron chi connectivity index (χ0n) is 19.2. The van der Waals surface area contributed by atoms with Crippen LogP contribution in [0.3, 0.4) is 0 Å². The van der Waals surface area contributed by atoms with E-state index in [0.29, 0.717) is 29.6 Å². The second-order valence-electron chi connectivity index (χ2n) is 8.70. The molecule has 2 amide bonds. The van der Waals surface area contributed by atoms with Crippen molar-refractivity contribution in [2.24, 2.45) is 7.05 Å². The number of carbonyl (C=O) groups is 2. The van der Waals surface area contributed by atoms with Crippen molar-refractivity contribution in [2.45, 2.75) is 32.4 Å². The third kappa shape index (κ3) is 4.07. The molecule has 5 rings (SSSR count). The number of benzene rings is 2. The van der Waals surface area contributed by atoms with E-state index >= 15 is 0 Å². The lowest BCUT2D eigenvalue weighted by molar-refractivity contribution is -0.121. The van der Waals surface area contributed by atoms with Crippen LogP contribution >= 0.6 is 0 Å². The van der Waals surface area contributed by atoms with Crippen LogP contribution in [0.4, 0.5) is 0 Å². The summed E-state index contributed by atoms with van der Waals surface area (Å²) in [5.41, 5.74) is 2.47. The third-order valence-electron chi connectivity index (χ3n) is 6.52. The van der Waals surface area contributed by atoms with Crippen LogP contribution in [0.15, 0.2) is 59.4 Å². The van der Waals surface area contributed by atoms with Crippen LogP contribution in [0.25, 0.3) is 21.9 Å². The van der Waals surface area contributed by atoms with Gasteiger partial charge in [0.05, 0.1) is 28.7 Å². The van der Waals surface area contributed by atoms with Crippen molar-refractivity contribution < 1.29 is 9.59 Å². The number of nitrogens with one attached hydrogen (secondary N) is 1. The number of rotatable bonds is 5. The number of aromatic nitrogens is 3. The van der Waals surface area contributed by atoms with E-state index in [2.05, 4.69) is 10.3 Å². The Balaban J connectivity index is 1.38. The standard InChI is InChI=1S/C26H27N5O3/c1-29-22-12-6-4-10-20(22)28-23(29)16-27-24(32)17-31-21-11-5-3-9-18(21)19(15-25(31)33)26(34)30-13-7-2-8-14-30/h3-6,9-12,15H,2,7-8,13-14,16-17H2,1H3,(H,27,32). The molecule has 0 aliphatic carbocycles. The van der Waals surface area contributed by atoms with Crippen molar-refractivity contribution in [3.63, 3.8) is 0 Å². The Morgan fingerprint density at radius 3 is 2.44 bits per heavy atom. The Hall–Kier alpha value is -3.94. The topological polar surface area (TPSA) is 89.2 Å². The lowest BCUT2D eigenvalue weighted by atomic mass is 10.0. The van der Waals surface area contributed by atoms with E-state index in [9.17, 15) is 14.4 Å². The molecule has 1 fully saturated rings. The fourth-order valence-corrected chi connectivity index (χ4v) is 4.67. The zero-order valence-corrected chi connectivity index (χ0v) is 19.2. The number of hydrogen-bond acceptors (Lipinski definition) is 4. The number of aryl methyl sites for hydroxylation is 1. The zero-order chi connectivity index (χ0) is 23.7. The van der Waals surface area contributed by atoms with Crippen LogP contribution in [-0.2, 0) is 24.9 Å². The SMILES string of the molecule is Cn1c(CNC(=O)Cn2c(=O)cc(C(=O)N3CCCCC3)c3ccccc32)nc2ccccc21. The van der Waals surface area contributed by atoms with E-state index in [-0.39, 0.29) is 30.5 Å². The monoisotopic (exact) mass is 457 g/mol. The first-order valence-electron chi connectivity index (χ1n) is 11.6. The maximum atomic E-state index is 13.2. The van der Waals surface area contributed by atoms with Crippen molar-refractivity contribution in [3.05, 3.63) is 76.3 Å². The first-order valence-corrected chi connectivity index (χ1v) is 11.6. The molecule has 8 nitrogen and oxygen atoms in total. The lowest BCUT2D eigenvalue weighted by Gasteiger charge is -2.27. The minimum Gasteiger partial charge on any atom is -0.347 e. The fourth-order valence-electron chi connectivity index (χ4n) is 4.67. The number of likely N-dealkylation sites (tertiary alicyclic amines) is 1. The molecule has 34 heavy (non-hydrogen) atoms. The Kier molecular flexibility index (Phi) is 5.88. The van der Waals surface area contributed by atoms with Crippen LogP contribution in [0.5, 0.6) is 0 Å². The van der Waals surface area contributed by atoms with Crippen LogP contribution < -0.4 is 10.9 Å². The van der Waals surface area contributed by atoms with Crippen LogP contribution in [0.1, 0.15) is 35.4 Å². The van der Waals surface area contributed by atoms with E-state index < -0.39 is 0 Å². The van der Waals surface area contributed by atoms with Gasteiger partial charge in [0.25, 0.3) is 11.5 Å². The molecule has 2 aromatic carbocycles. The first kappa shape index (κ1) is 21.9. The van der Waals surface area contributed by atoms with Gasteiger partial charge >= 0.3 is 0 Å². The molecular weight excluding hydrogens is 430 g/mol. The fraction of sp³-hybridized carbons (Fsp3) is 0.308. The molecule has 2 aromatic heterocycles. The van der Waals surface area contributed by atoms with Gasteiger partial charge in [0, 0.05) is 31.6 Å². The van der Waals surface area contributed by atoms with Gasteiger partial charge in [-0.2, -0.15) is 0 Å². The van der Waals surface area contributed by atoms with Crippen LogP contribution in [0, 0.1) is 0 Å². The van der Waals surface area contributed by atoms with Gasteiger partial charge in [0.1, 0.15) is 12.4 Å². The first-order chi connectivity index (χ1) is 16.5. The van der Waals surface area contributed by atoms with Gasteiger partial charge in [0.15, 0.2) is 0 Å². The van der Waals surface area contributed by atoms with Gasteiger partial charge in [-0.15, -0.1) is 0 Å². The molecule has 0 spiro atoms. The predicted octanol–water partition coefficient (Wildman–Crippen LogP) is 2.83. The summed E-state index contributed by atoms with van der Waals surface area (Å²) in [4.78, 5) is 45.4. The molecule has 3 heterocycles. The second-order valence-corrected chi connectivity index (χ2v) is 8.70. The van der Waals surface area contributed by atoms with E-state index in [1.807, 2.05) is 59.0 Å². The molecule has 0 bridgehead atoms. The number of hydrogen-bond donors (Lipinski definition) is 1. The number of piperidine rings is 1. The number of carbonyl (C=O) groups excluding carboxylic acids is 2. The third-order valence-corrected chi connectivity index (χ3v) is 6.52. The molecule has 1 N–H and O–H groups in total. The van der Waals surface area contributed by atoms with Gasteiger partial charge in [0.2, 0.25) is 5.91 Å². The maximum Gasteiger partial charge on any atom is 0.254 e. The summed E-state index contributed by atoms with van der Waals surface area (Å²) >= 11 is 0. The number of para-hydroxylation sites is 3. The van der Waals surface area contributed by atoms with Gasteiger partial charge < -0.3 is 14.8 Å². The van der Waals surface area contributed by atoms with Gasteiger partial charge in [-0.05, 0) is 37.5 Å². The van der Waals surface area contributed by atoms with E-state index in [4.69, 9.17) is 0 Å². The highest BCUT2D eigenvalue weighted by atomic mass is 16.2. The summed E-state index contributed by atoms with van der Waals surface area (Å²) in [5.74, 6) is 0.315. The predicted molar refractivity (Wildman–Crippen MR) is 131 cm³/mol. The number of nitrogens with zero attached hydrogens (tertiary/aromatic N) is 4. The summed E-state index contributed by atoms with van der Waals surface area (Å²) in [7, 11) is 1.91. The van der Waals surface area contributed by atoms with Crippen molar-refractivity contribution in [1.82, 2.24) is 24.3 Å². The Morgan fingerprint density at radius 2 is 1.68 bits per heavy atom. The summed E-state index contributed by atoms with van der Waals surface area (Å²) in [6.07, 6.45) is 3.08. The molecule has 0 radical (unpaired) electrons. The van der Waals surface area contributed by atoms with Gasteiger partial charge in [-0.25, -0.2) is 4.98 Å². The minimum atomic E-state index is -0.364. The molecule has 4 aromatic rings.